The van der Waals surface area contributed by atoms with Crippen molar-refractivity contribution < 1.29 is 14.6 Å². The zero-order valence-electron chi connectivity index (χ0n) is 10.7. The van der Waals surface area contributed by atoms with E-state index in [2.05, 4.69) is 9.88 Å². The molecule has 0 amide bonds. The maximum atomic E-state index is 11.2. The molecule has 100 valence electrons. The molecule has 1 aromatic rings. The number of nitrogens with zero attached hydrogens (tertiary/aromatic N) is 2. The van der Waals surface area contributed by atoms with E-state index < -0.39 is 5.97 Å². The van der Waals surface area contributed by atoms with Gasteiger partial charge >= 0.3 is 5.97 Å². The molecule has 18 heavy (non-hydrogen) atoms. The number of aromatic carboxylic acids is 1. The Kier molecular flexibility index (Phi) is 4.19. The normalized spacial score (nSPS) is 20.1. The number of morpholine rings is 1. The Morgan fingerprint density at radius 3 is 3.06 bits per heavy atom. The average Bonchev–Trinajstić information content (AvgIpc) is 2.74. The van der Waals surface area contributed by atoms with E-state index in [4.69, 9.17) is 4.74 Å². The molecular formula is C12H18N2O3S. The van der Waals surface area contributed by atoms with Gasteiger partial charge in [-0.1, -0.05) is 24.7 Å². The summed E-state index contributed by atoms with van der Waals surface area (Å²) in [5, 5.41) is 9.99. The fourth-order valence-corrected chi connectivity index (χ4v) is 3.03. The lowest BCUT2D eigenvalue weighted by Gasteiger charge is -2.30. The Bertz CT molecular complexity index is 433. The van der Waals surface area contributed by atoms with E-state index in [1.807, 2.05) is 13.8 Å². The van der Waals surface area contributed by atoms with Gasteiger partial charge in [-0.3, -0.25) is 0 Å². The molecule has 1 atom stereocenters. The molecule has 2 heterocycles. The molecule has 1 aliphatic rings. The number of rotatable bonds is 4. The Morgan fingerprint density at radius 1 is 1.67 bits per heavy atom. The number of hydrogen-bond acceptors (Lipinski definition) is 5. The van der Waals surface area contributed by atoms with Gasteiger partial charge in [-0.05, 0) is 13.3 Å². The van der Waals surface area contributed by atoms with E-state index in [-0.39, 0.29) is 6.10 Å². The smallest absolute Gasteiger partial charge is 0.347 e. The first-order valence-corrected chi connectivity index (χ1v) is 7.03. The highest BCUT2D eigenvalue weighted by Crippen LogP contribution is 2.28. The summed E-state index contributed by atoms with van der Waals surface area (Å²) in [7, 11) is 0. The number of aryl methyl sites for hydroxylation is 1. The van der Waals surface area contributed by atoms with E-state index in [9.17, 15) is 9.90 Å². The van der Waals surface area contributed by atoms with Crippen molar-refractivity contribution in [1.29, 1.82) is 0 Å². The van der Waals surface area contributed by atoms with Crippen LogP contribution in [0, 0.1) is 0 Å². The van der Waals surface area contributed by atoms with Crippen LogP contribution in [0.25, 0.3) is 0 Å². The van der Waals surface area contributed by atoms with Gasteiger partial charge in [0.25, 0.3) is 0 Å². The van der Waals surface area contributed by atoms with Gasteiger partial charge in [0.15, 0.2) is 5.13 Å². The lowest BCUT2D eigenvalue weighted by molar-refractivity contribution is 0.0532. The Labute approximate surface area is 110 Å². The molecule has 0 aromatic carbocycles. The number of ether oxygens (including phenoxy) is 1. The van der Waals surface area contributed by atoms with Crippen molar-refractivity contribution in [2.24, 2.45) is 0 Å². The van der Waals surface area contributed by atoms with Crippen LogP contribution < -0.4 is 4.90 Å². The summed E-state index contributed by atoms with van der Waals surface area (Å²) in [5.41, 5.74) is 0.712. The van der Waals surface area contributed by atoms with Gasteiger partial charge in [-0.25, -0.2) is 9.78 Å². The molecule has 1 fully saturated rings. The number of hydrogen-bond donors (Lipinski definition) is 1. The predicted molar refractivity (Wildman–Crippen MR) is 70.7 cm³/mol. The van der Waals surface area contributed by atoms with Gasteiger partial charge in [0.1, 0.15) is 4.88 Å². The molecule has 1 unspecified atom stereocenters. The van der Waals surface area contributed by atoms with E-state index in [0.29, 0.717) is 17.2 Å². The van der Waals surface area contributed by atoms with Crippen molar-refractivity contribution in [3.05, 3.63) is 10.6 Å². The summed E-state index contributed by atoms with van der Waals surface area (Å²) >= 11 is 1.28. The van der Waals surface area contributed by atoms with E-state index in [1.165, 1.54) is 11.3 Å². The van der Waals surface area contributed by atoms with Crippen LogP contribution in [0.15, 0.2) is 0 Å². The monoisotopic (exact) mass is 270 g/mol. The molecule has 0 aliphatic carbocycles. The maximum absolute atomic E-state index is 11.2. The molecule has 0 radical (unpaired) electrons. The van der Waals surface area contributed by atoms with Crippen LogP contribution in [0.1, 0.15) is 35.6 Å². The third kappa shape index (κ3) is 2.81. The number of carboxylic acid groups (broad SMARTS) is 1. The molecule has 0 saturated carbocycles. The van der Waals surface area contributed by atoms with E-state index in [1.54, 1.807) is 0 Å². The highest BCUT2D eigenvalue weighted by molar-refractivity contribution is 7.17. The maximum Gasteiger partial charge on any atom is 0.347 e. The average molecular weight is 270 g/mol. The Balaban J connectivity index is 2.22. The number of thiazole rings is 1. The molecule has 1 N–H and O–H groups in total. The summed E-state index contributed by atoms with van der Waals surface area (Å²) in [4.78, 5) is 18.2. The zero-order valence-corrected chi connectivity index (χ0v) is 11.5. The van der Waals surface area contributed by atoms with Crippen LogP contribution >= 0.6 is 11.3 Å². The Hall–Kier alpha value is -1.14. The van der Waals surface area contributed by atoms with E-state index in [0.717, 1.165) is 31.1 Å². The second-order valence-corrected chi connectivity index (χ2v) is 5.43. The summed E-state index contributed by atoms with van der Waals surface area (Å²) in [6, 6.07) is 0. The molecule has 1 aliphatic heterocycles. The molecule has 0 spiro atoms. The summed E-state index contributed by atoms with van der Waals surface area (Å²) in [6.45, 7) is 6.28. The van der Waals surface area contributed by atoms with Crippen molar-refractivity contribution in [3.8, 4) is 0 Å². The van der Waals surface area contributed by atoms with Crippen LogP contribution in [0.4, 0.5) is 5.13 Å². The first-order chi connectivity index (χ1) is 8.61. The van der Waals surface area contributed by atoms with Crippen LogP contribution in [0.5, 0.6) is 0 Å². The number of aromatic nitrogens is 1. The van der Waals surface area contributed by atoms with Gasteiger partial charge in [0.2, 0.25) is 0 Å². The van der Waals surface area contributed by atoms with Gasteiger partial charge in [-0.15, -0.1) is 0 Å². The zero-order chi connectivity index (χ0) is 13.1. The third-order valence-corrected chi connectivity index (χ3v) is 4.03. The predicted octanol–water partition coefficient (Wildman–Crippen LogP) is 2.02. The van der Waals surface area contributed by atoms with Crippen molar-refractivity contribution in [3.63, 3.8) is 0 Å². The highest BCUT2D eigenvalue weighted by atomic mass is 32.1. The standard InChI is InChI=1S/C12H18N2O3S/c1-3-4-9-10(11(15)16)18-12(13-9)14-5-6-17-8(2)7-14/h8H,3-7H2,1-2H3,(H,15,16). The molecule has 5 nitrogen and oxygen atoms in total. The summed E-state index contributed by atoms with van der Waals surface area (Å²) in [6.07, 6.45) is 1.80. The van der Waals surface area contributed by atoms with Crippen LogP contribution in [0.3, 0.4) is 0 Å². The van der Waals surface area contributed by atoms with Gasteiger partial charge in [0.05, 0.1) is 18.4 Å². The topological polar surface area (TPSA) is 62.7 Å². The molecule has 1 aromatic heterocycles. The number of carbonyl (C=O) groups is 1. The fourth-order valence-electron chi connectivity index (χ4n) is 2.04. The van der Waals surface area contributed by atoms with Gasteiger partial charge in [0, 0.05) is 13.1 Å². The van der Waals surface area contributed by atoms with Gasteiger partial charge < -0.3 is 14.7 Å². The highest BCUT2D eigenvalue weighted by Gasteiger charge is 2.23. The third-order valence-electron chi connectivity index (χ3n) is 2.88. The quantitative estimate of drug-likeness (QED) is 0.907. The molecule has 6 heteroatoms. The molecule has 1 saturated heterocycles. The second-order valence-electron chi connectivity index (χ2n) is 4.45. The molecule has 2 rings (SSSR count). The largest absolute Gasteiger partial charge is 0.477 e. The minimum absolute atomic E-state index is 0.172. The van der Waals surface area contributed by atoms with Gasteiger partial charge in [-0.2, -0.15) is 0 Å². The number of carboxylic acids is 1. The lowest BCUT2D eigenvalue weighted by Crippen LogP contribution is -2.41. The Morgan fingerprint density at radius 2 is 2.44 bits per heavy atom. The SMILES string of the molecule is CCCc1nc(N2CCOC(C)C2)sc1C(=O)O. The van der Waals surface area contributed by atoms with Crippen molar-refractivity contribution >= 4 is 22.4 Å². The molecule has 0 bridgehead atoms. The first kappa shape index (κ1) is 13.3. The summed E-state index contributed by atoms with van der Waals surface area (Å²) < 4.78 is 5.48. The first-order valence-electron chi connectivity index (χ1n) is 6.21. The number of anilines is 1. The fraction of sp³-hybridized carbons (Fsp3) is 0.667. The molecular weight excluding hydrogens is 252 g/mol. The lowest BCUT2D eigenvalue weighted by atomic mass is 10.2. The van der Waals surface area contributed by atoms with Crippen LogP contribution in [-0.4, -0.2) is 41.9 Å². The minimum atomic E-state index is -0.872. The van der Waals surface area contributed by atoms with Crippen molar-refractivity contribution in [1.82, 2.24) is 4.98 Å². The second kappa shape index (κ2) is 5.67. The minimum Gasteiger partial charge on any atom is -0.477 e. The van der Waals surface area contributed by atoms with Crippen LogP contribution in [-0.2, 0) is 11.2 Å². The van der Waals surface area contributed by atoms with Crippen molar-refractivity contribution in [2.75, 3.05) is 24.6 Å². The van der Waals surface area contributed by atoms with Crippen molar-refractivity contribution in [2.45, 2.75) is 32.8 Å². The van der Waals surface area contributed by atoms with Crippen LogP contribution in [0.2, 0.25) is 0 Å². The van der Waals surface area contributed by atoms with E-state index >= 15 is 0 Å². The summed E-state index contributed by atoms with van der Waals surface area (Å²) in [5.74, 6) is -0.872.